The zero-order chi connectivity index (χ0) is 13.8. The van der Waals surface area contributed by atoms with Gasteiger partial charge in [-0.05, 0) is 36.1 Å². The maximum absolute atomic E-state index is 13.3. The Labute approximate surface area is 116 Å². The van der Waals surface area contributed by atoms with Crippen LogP contribution in [0.4, 0.5) is 4.39 Å². The predicted molar refractivity (Wildman–Crippen MR) is 77.8 cm³/mol. The predicted octanol–water partition coefficient (Wildman–Crippen LogP) is 3.13. The topological polar surface area (TPSA) is 15.3 Å². The van der Waals surface area contributed by atoms with Crippen LogP contribution in [0.3, 0.4) is 0 Å². The van der Waals surface area contributed by atoms with Gasteiger partial charge < -0.3 is 5.32 Å². The van der Waals surface area contributed by atoms with E-state index < -0.39 is 0 Å². The van der Waals surface area contributed by atoms with E-state index in [0.717, 1.165) is 38.2 Å². The van der Waals surface area contributed by atoms with E-state index >= 15 is 0 Å². The van der Waals surface area contributed by atoms with Crippen molar-refractivity contribution in [2.24, 2.45) is 5.92 Å². The first-order valence-corrected chi connectivity index (χ1v) is 7.34. The quantitative estimate of drug-likeness (QED) is 0.899. The first-order valence-electron chi connectivity index (χ1n) is 7.34. The van der Waals surface area contributed by atoms with E-state index in [0.29, 0.717) is 12.0 Å². The standard InChI is InChI=1S/C16H25FN2/c1-4-12(2)16(19-9-7-18-8-10-19)15-6-5-14(17)11-13(15)3/h5-6,11-12,16,18H,4,7-10H2,1-3H3/t12?,16-/m1/s1. The van der Waals surface area contributed by atoms with E-state index in [2.05, 4.69) is 24.1 Å². The molecular weight excluding hydrogens is 239 g/mol. The van der Waals surface area contributed by atoms with Crippen LogP contribution in [-0.4, -0.2) is 31.1 Å². The summed E-state index contributed by atoms with van der Waals surface area (Å²) in [5.41, 5.74) is 2.36. The zero-order valence-corrected chi connectivity index (χ0v) is 12.2. The second-order valence-electron chi connectivity index (χ2n) is 5.62. The number of nitrogens with one attached hydrogen (secondary N) is 1. The molecule has 0 aliphatic carbocycles. The molecule has 1 N–H and O–H groups in total. The lowest BCUT2D eigenvalue weighted by Crippen LogP contribution is -2.46. The normalized spacial score (nSPS) is 20.2. The highest BCUT2D eigenvalue weighted by Gasteiger charge is 2.27. The fourth-order valence-corrected chi connectivity index (χ4v) is 3.02. The first-order chi connectivity index (χ1) is 9.13. The molecule has 2 rings (SSSR count). The molecule has 0 saturated carbocycles. The largest absolute Gasteiger partial charge is 0.314 e. The SMILES string of the molecule is CCC(C)[C@H](c1ccc(F)cc1C)N1CCNCC1. The fraction of sp³-hybridized carbons (Fsp3) is 0.625. The molecule has 106 valence electrons. The Morgan fingerprint density at radius 1 is 1.32 bits per heavy atom. The van der Waals surface area contributed by atoms with Crippen molar-refractivity contribution in [1.29, 1.82) is 0 Å². The van der Waals surface area contributed by atoms with Crippen molar-refractivity contribution >= 4 is 0 Å². The van der Waals surface area contributed by atoms with E-state index in [4.69, 9.17) is 0 Å². The number of halogens is 1. The van der Waals surface area contributed by atoms with Crippen molar-refractivity contribution in [2.45, 2.75) is 33.2 Å². The number of nitrogens with zero attached hydrogens (tertiary/aromatic N) is 1. The minimum Gasteiger partial charge on any atom is -0.314 e. The second-order valence-corrected chi connectivity index (χ2v) is 5.62. The molecule has 0 amide bonds. The lowest BCUT2D eigenvalue weighted by Gasteiger charge is -2.39. The molecule has 1 aromatic rings. The van der Waals surface area contributed by atoms with Crippen molar-refractivity contribution in [1.82, 2.24) is 10.2 Å². The molecule has 2 atom stereocenters. The van der Waals surface area contributed by atoms with Gasteiger partial charge in [-0.3, -0.25) is 4.90 Å². The highest BCUT2D eigenvalue weighted by Crippen LogP contribution is 2.33. The summed E-state index contributed by atoms with van der Waals surface area (Å²) in [7, 11) is 0. The van der Waals surface area contributed by atoms with E-state index in [1.807, 2.05) is 13.0 Å². The van der Waals surface area contributed by atoms with Crippen LogP contribution in [0.15, 0.2) is 18.2 Å². The average molecular weight is 264 g/mol. The van der Waals surface area contributed by atoms with E-state index in [1.54, 1.807) is 12.1 Å². The molecular formula is C16H25FN2. The number of hydrogen-bond donors (Lipinski definition) is 1. The van der Waals surface area contributed by atoms with Gasteiger partial charge in [0.05, 0.1) is 0 Å². The van der Waals surface area contributed by atoms with Crippen molar-refractivity contribution in [3.05, 3.63) is 35.1 Å². The Balaban J connectivity index is 2.30. The number of hydrogen-bond acceptors (Lipinski definition) is 2. The third-order valence-electron chi connectivity index (χ3n) is 4.28. The molecule has 1 aliphatic heterocycles. The highest BCUT2D eigenvalue weighted by molar-refractivity contribution is 5.30. The molecule has 1 aromatic carbocycles. The molecule has 0 bridgehead atoms. The molecule has 3 heteroatoms. The van der Waals surface area contributed by atoms with Crippen LogP contribution in [0.25, 0.3) is 0 Å². The minimum atomic E-state index is -0.135. The molecule has 0 aromatic heterocycles. The van der Waals surface area contributed by atoms with Crippen LogP contribution in [0.1, 0.15) is 37.4 Å². The number of aryl methyl sites for hydroxylation is 1. The molecule has 1 heterocycles. The average Bonchev–Trinajstić information content (AvgIpc) is 2.42. The van der Waals surface area contributed by atoms with E-state index in [1.165, 1.54) is 5.56 Å². The van der Waals surface area contributed by atoms with Crippen molar-refractivity contribution in [3.8, 4) is 0 Å². The number of piperazine rings is 1. The first kappa shape index (κ1) is 14.5. The maximum Gasteiger partial charge on any atom is 0.123 e. The highest BCUT2D eigenvalue weighted by atomic mass is 19.1. The van der Waals surface area contributed by atoms with Gasteiger partial charge in [0, 0.05) is 32.2 Å². The van der Waals surface area contributed by atoms with Crippen LogP contribution in [0, 0.1) is 18.7 Å². The third-order valence-corrected chi connectivity index (χ3v) is 4.28. The molecule has 1 unspecified atom stereocenters. The third kappa shape index (κ3) is 3.34. The molecule has 0 radical (unpaired) electrons. The van der Waals surface area contributed by atoms with Gasteiger partial charge in [0.15, 0.2) is 0 Å². The molecule has 19 heavy (non-hydrogen) atoms. The molecule has 0 spiro atoms. The number of benzene rings is 1. The van der Waals surface area contributed by atoms with Crippen molar-refractivity contribution in [2.75, 3.05) is 26.2 Å². The van der Waals surface area contributed by atoms with Gasteiger partial charge in [0.2, 0.25) is 0 Å². The van der Waals surface area contributed by atoms with Crippen LogP contribution < -0.4 is 5.32 Å². The van der Waals surface area contributed by atoms with Gasteiger partial charge in [-0.25, -0.2) is 4.39 Å². The zero-order valence-electron chi connectivity index (χ0n) is 12.2. The van der Waals surface area contributed by atoms with Gasteiger partial charge in [0.1, 0.15) is 5.82 Å². The monoisotopic (exact) mass is 264 g/mol. The molecule has 1 aliphatic rings. The van der Waals surface area contributed by atoms with Gasteiger partial charge >= 0.3 is 0 Å². The summed E-state index contributed by atoms with van der Waals surface area (Å²) in [6.07, 6.45) is 1.14. The maximum atomic E-state index is 13.3. The summed E-state index contributed by atoms with van der Waals surface area (Å²) >= 11 is 0. The lowest BCUT2D eigenvalue weighted by atomic mass is 9.88. The fourth-order valence-electron chi connectivity index (χ4n) is 3.02. The molecule has 1 saturated heterocycles. The van der Waals surface area contributed by atoms with Gasteiger partial charge in [-0.1, -0.05) is 26.3 Å². The van der Waals surface area contributed by atoms with Crippen LogP contribution in [-0.2, 0) is 0 Å². The van der Waals surface area contributed by atoms with Gasteiger partial charge in [-0.15, -0.1) is 0 Å². The van der Waals surface area contributed by atoms with Gasteiger partial charge in [0.25, 0.3) is 0 Å². The Hall–Kier alpha value is -0.930. The van der Waals surface area contributed by atoms with Crippen molar-refractivity contribution < 1.29 is 4.39 Å². The summed E-state index contributed by atoms with van der Waals surface area (Å²) in [4.78, 5) is 2.55. The smallest absolute Gasteiger partial charge is 0.123 e. The summed E-state index contributed by atoms with van der Waals surface area (Å²) in [6.45, 7) is 10.8. The number of rotatable bonds is 4. The summed E-state index contributed by atoms with van der Waals surface area (Å²) in [5, 5.41) is 3.40. The minimum absolute atomic E-state index is 0.135. The lowest BCUT2D eigenvalue weighted by molar-refractivity contribution is 0.128. The Kier molecular flexibility index (Phi) is 4.94. The van der Waals surface area contributed by atoms with Crippen LogP contribution in [0.2, 0.25) is 0 Å². The van der Waals surface area contributed by atoms with Gasteiger partial charge in [-0.2, -0.15) is 0 Å². The summed E-state index contributed by atoms with van der Waals surface area (Å²) in [5.74, 6) is 0.451. The molecule has 1 fully saturated rings. The van der Waals surface area contributed by atoms with Crippen LogP contribution >= 0.6 is 0 Å². The van der Waals surface area contributed by atoms with E-state index in [-0.39, 0.29) is 5.82 Å². The Bertz CT molecular complexity index is 413. The summed E-state index contributed by atoms with van der Waals surface area (Å²) < 4.78 is 13.3. The second kappa shape index (κ2) is 6.49. The Morgan fingerprint density at radius 3 is 2.58 bits per heavy atom. The van der Waals surface area contributed by atoms with E-state index in [9.17, 15) is 4.39 Å². The van der Waals surface area contributed by atoms with Crippen molar-refractivity contribution in [3.63, 3.8) is 0 Å². The molecule has 2 nitrogen and oxygen atoms in total. The van der Waals surface area contributed by atoms with Crippen LogP contribution in [0.5, 0.6) is 0 Å². The Morgan fingerprint density at radius 2 is 2.00 bits per heavy atom. The summed E-state index contributed by atoms with van der Waals surface area (Å²) in [6, 6.07) is 5.64.